The molecule has 3 N–H and O–H groups in total. The van der Waals surface area contributed by atoms with E-state index in [1.165, 1.54) is 12.0 Å². The van der Waals surface area contributed by atoms with E-state index in [-0.39, 0.29) is 35.4 Å². The SMILES string of the molecule is CCNC(=NCc1cccc(S(=O)(=O)NCCOC)c1)NCc1sc(C)nc1C.I. The van der Waals surface area contributed by atoms with E-state index in [9.17, 15) is 8.42 Å². The Labute approximate surface area is 200 Å². The first-order valence-electron chi connectivity index (χ1n) is 9.38. The number of sulfonamides is 1. The monoisotopic (exact) mass is 567 g/mol. The Balaban J connectivity index is 0.00000450. The zero-order valence-corrected chi connectivity index (χ0v) is 21.7. The minimum atomic E-state index is -3.57. The summed E-state index contributed by atoms with van der Waals surface area (Å²) in [5.41, 5.74) is 1.83. The number of nitrogens with one attached hydrogen (secondary N) is 3. The molecule has 8 nitrogen and oxygen atoms in total. The van der Waals surface area contributed by atoms with Crippen LogP contribution >= 0.6 is 35.3 Å². The maximum absolute atomic E-state index is 12.4. The fourth-order valence-electron chi connectivity index (χ4n) is 2.59. The number of aryl methyl sites for hydroxylation is 2. The van der Waals surface area contributed by atoms with E-state index in [0.29, 0.717) is 25.7 Å². The van der Waals surface area contributed by atoms with Crippen molar-refractivity contribution < 1.29 is 13.2 Å². The average Bonchev–Trinajstić information content (AvgIpc) is 3.01. The van der Waals surface area contributed by atoms with Crippen LogP contribution in [-0.4, -0.2) is 46.2 Å². The van der Waals surface area contributed by atoms with Crippen LogP contribution in [0.25, 0.3) is 0 Å². The predicted molar refractivity (Wildman–Crippen MR) is 132 cm³/mol. The van der Waals surface area contributed by atoms with Gasteiger partial charge in [0, 0.05) is 25.1 Å². The van der Waals surface area contributed by atoms with Crippen LogP contribution in [0.1, 0.15) is 28.1 Å². The summed E-state index contributed by atoms with van der Waals surface area (Å²) in [4.78, 5) is 10.4. The van der Waals surface area contributed by atoms with Crippen molar-refractivity contribution in [3.8, 4) is 0 Å². The maximum Gasteiger partial charge on any atom is 0.240 e. The van der Waals surface area contributed by atoms with Gasteiger partial charge < -0.3 is 15.4 Å². The first-order valence-corrected chi connectivity index (χ1v) is 11.7. The molecular weight excluding hydrogens is 537 g/mol. The second kappa shape index (κ2) is 13.2. The number of methoxy groups -OCH3 is 1. The van der Waals surface area contributed by atoms with Crippen LogP contribution in [0, 0.1) is 13.8 Å². The van der Waals surface area contributed by atoms with E-state index >= 15 is 0 Å². The van der Waals surface area contributed by atoms with Gasteiger partial charge in [-0.2, -0.15) is 0 Å². The summed E-state index contributed by atoms with van der Waals surface area (Å²) in [6, 6.07) is 6.79. The first kappa shape index (κ1) is 26.8. The van der Waals surface area contributed by atoms with E-state index < -0.39 is 10.0 Å². The number of aromatic nitrogens is 1. The summed E-state index contributed by atoms with van der Waals surface area (Å²) in [5, 5.41) is 7.55. The van der Waals surface area contributed by atoms with Crippen molar-refractivity contribution in [2.24, 2.45) is 4.99 Å². The summed E-state index contributed by atoms with van der Waals surface area (Å²) in [6.07, 6.45) is 0. The van der Waals surface area contributed by atoms with Crippen molar-refractivity contribution in [1.82, 2.24) is 20.3 Å². The molecule has 0 aliphatic rings. The van der Waals surface area contributed by atoms with Gasteiger partial charge >= 0.3 is 0 Å². The summed E-state index contributed by atoms with van der Waals surface area (Å²) >= 11 is 1.66. The first-order chi connectivity index (χ1) is 13.9. The number of ether oxygens (including phenoxy) is 1. The molecule has 0 aliphatic heterocycles. The second-order valence-corrected chi connectivity index (χ2v) is 9.38. The zero-order chi connectivity index (χ0) is 21.3. The van der Waals surface area contributed by atoms with E-state index in [0.717, 1.165) is 22.8 Å². The van der Waals surface area contributed by atoms with Crippen molar-refractivity contribution in [3.63, 3.8) is 0 Å². The number of nitrogens with zero attached hydrogens (tertiary/aromatic N) is 2. The minimum absolute atomic E-state index is 0. The Morgan fingerprint density at radius 3 is 2.67 bits per heavy atom. The average molecular weight is 568 g/mol. The van der Waals surface area contributed by atoms with Crippen LogP contribution in [0.4, 0.5) is 0 Å². The molecular formula is C19H30IN5O3S2. The molecule has 0 amide bonds. The van der Waals surface area contributed by atoms with Gasteiger partial charge in [0.15, 0.2) is 5.96 Å². The molecule has 11 heteroatoms. The van der Waals surface area contributed by atoms with Gasteiger partial charge in [0.2, 0.25) is 10.0 Å². The minimum Gasteiger partial charge on any atom is -0.383 e. The Morgan fingerprint density at radius 1 is 1.27 bits per heavy atom. The molecule has 0 radical (unpaired) electrons. The number of guanidine groups is 1. The molecule has 0 saturated heterocycles. The topological polar surface area (TPSA) is 105 Å². The van der Waals surface area contributed by atoms with E-state index in [1.807, 2.05) is 26.8 Å². The number of hydrogen-bond acceptors (Lipinski definition) is 6. The van der Waals surface area contributed by atoms with Crippen LogP contribution in [0.3, 0.4) is 0 Å². The van der Waals surface area contributed by atoms with Gasteiger partial charge in [-0.1, -0.05) is 12.1 Å². The highest BCUT2D eigenvalue weighted by Gasteiger charge is 2.13. The predicted octanol–water partition coefficient (Wildman–Crippen LogP) is 2.56. The van der Waals surface area contributed by atoms with Crippen LogP contribution in [-0.2, 0) is 27.8 Å². The van der Waals surface area contributed by atoms with Gasteiger partial charge in [-0.05, 0) is 38.5 Å². The molecule has 1 aromatic carbocycles. The lowest BCUT2D eigenvalue weighted by atomic mass is 10.2. The normalized spacial score (nSPS) is 11.8. The van der Waals surface area contributed by atoms with Crippen LogP contribution in [0.15, 0.2) is 34.2 Å². The smallest absolute Gasteiger partial charge is 0.240 e. The summed E-state index contributed by atoms with van der Waals surface area (Å²) in [5.74, 6) is 0.671. The van der Waals surface area contributed by atoms with Gasteiger partial charge in [-0.25, -0.2) is 23.1 Å². The summed E-state index contributed by atoms with van der Waals surface area (Å²) < 4.78 is 32.1. The van der Waals surface area contributed by atoms with Crippen LogP contribution in [0.2, 0.25) is 0 Å². The molecule has 0 fully saturated rings. The summed E-state index contributed by atoms with van der Waals surface area (Å²) in [7, 11) is -2.04. The third-order valence-electron chi connectivity index (χ3n) is 3.99. The molecule has 2 aromatic rings. The summed E-state index contributed by atoms with van der Waals surface area (Å²) in [6.45, 7) is 8.26. The second-order valence-electron chi connectivity index (χ2n) is 6.33. The Hall–Kier alpha value is -1.28. The van der Waals surface area contributed by atoms with Gasteiger partial charge in [0.25, 0.3) is 0 Å². The number of halogens is 1. The fourth-order valence-corrected chi connectivity index (χ4v) is 4.55. The van der Waals surface area contributed by atoms with Crippen LogP contribution < -0.4 is 15.4 Å². The zero-order valence-electron chi connectivity index (χ0n) is 17.7. The lowest BCUT2D eigenvalue weighted by molar-refractivity contribution is 0.204. The Bertz CT molecular complexity index is 932. The van der Waals surface area contributed by atoms with E-state index in [4.69, 9.17) is 4.74 Å². The number of thiazole rings is 1. The van der Waals surface area contributed by atoms with Crippen molar-refractivity contribution in [3.05, 3.63) is 45.4 Å². The van der Waals surface area contributed by atoms with Crippen molar-refractivity contribution >= 4 is 51.3 Å². The standard InChI is InChI=1S/C19H29N5O3S2.HI/c1-5-20-19(22-13-18-14(2)24-15(3)28-18)21-12-16-7-6-8-17(11-16)29(25,26)23-9-10-27-4;/h6-8,11,23H,5,9-10,12-13H2,1-4H3,(H2,20,21,22);1H. The third kappa shape index (κ3) is 8.46. The quantitative estimate of drug-likeness (QED) is 0.177. The van der Waals surface area contributed by atoms with Crippen molar-refractivity contribution in [2.45, 2.75) is 38.8 Å². The number of hydrogen-bond donors (Lipinski definition) is 3. The maximum atomic E-state index is 12.4. The third-order valence-corrected chi connectivity index (χ3v) is 6.52. The Morgan fingerprint density at radius 2 is 2.03 bits per heavy atom. The van der Waals surface area contributed by atoms with E-state index in [1.54, 1.807) is 29.5 Å². The molecule has 1 aromatic heterocycles. The number of benzene rings is 1. The molecule has 168 valence electrons. The highest BCUT2D eigenvalue weighted by molar-refractivity contribution is 14.0. The molecule has 0 aliphatic carbocycles. The lowest BCUT2D eigenvalue weighted by Crippen LogP contribution is -2.36. The van der Waals surface area contributed by atoms with Gasteiger partial charge in [-0.3, -0.25) is 0 Å². The highest BCUT2D eigenvalue weighted by Crippen LogP contribution is 2.16. The highest BCUT2D eigenvalue weighted by atomic mass is 127. The fraction of sp³-hybridized carbons (Fsp3) is 0.474. The van der Waals surface area contributed by atoms with Gasteiger partial charge in [0.05, 0.1) is 35.3 Å². The van der Waals surface area contributed by atoms with Gasteiger partial charge in [-0.15, -0.1) is 35.3 Å². The molecule has 2 rings (SSSR count). The molecule has 0 unspecified atom stereocenters. The number of aliphatic imine (C=N–C) groups is 1. The number of rotatable bonds is 10. The molecule has 0 spiro atoms. The molecule has 30 heavy (non-hydrogen) atoms. The molecule has 1 heterocycles. The van der Waals surface area contributed by atoms with E-state index in [2.05, 4.69) is 25.3 Å². The van der Waals surface area contributed by atoms with Crippen molar-refractivity contribution in [1.29, 1.82) is 0 Å². The molecule has 0 saturated carbocycles. The van der Waals surface area contributed by atoms with Crippen molar-refractivity contribution in [2.75, 3.05) is 26.8 Å². The largest absolute Gasteiger partial charge is 0.383 e. The molecule has 0 atom stereocenters. The Kier molecular flexibility index (Phi) is 11.8. The molecule has 0 bridgehead atoms. The van der Waals surface area contributed by atoms with Crippen LogP contribution in [0.5, 0.6) is 0 Å². The lowest BCUT2D eigenvalue weighted by Gasteiger charge is -2.11. The van der Waals surface area contributed by atoms with Gasteiger partial charge in [0.1, 0.15) is 0 Å².